The Morgan fingerprint density at radius 2 is 1.43 bits per heavy atom. The van der Waals surface area contributed by atoms with Crippen molar-refractivity contribution >= 4 is 11.3 Å². The average Bonchev–Trinajstić information content (AvgIpc) is 3.66. The molecule has 2 aliphatic rings. The van der Waals surface area contributed by atoms with E-state index in [-0.39, 0.29) is 26.5 Å². The van der Waals surface area contributed by atoms with Crippen molar-refractivity contribution in [2.45, 2.75) is 59.3 Å². The molecule has 250 valence electrons. The van der Waals surface area contributed by atoms with Crippen molar-refractivity contribution in [2.75, 3.05) is 11.9 Å². The number of rotatable bonds is 4. The third-order valence-corrected chi connectivity index (χ3v) is 10.5. The fraction of sp³-hybridized carbons (Fsp3) is 0.233. The molecule has 0 spiro atoms. The molecule has 8 rings (SSSR count). The summed E-state index contributed by atoms with van der Waals surface area (Å²) in [5, 5.41) is 0. The number of allylic oxidation sites excluding steroid dienone is 2. The van der Waals surface area contributed by atoms with Crippen LogP contribution in [0.3, 0.4) is 0 Å². The van der Waals surface area contributed by atoms with Crippen LogP contribution in [0.4, 0.5) is 5.69 Å². The molecule has 6 heteroatoms. The van der Waals surface area contributed by atoms with Crippen LogP contribution in [-0.4, -0.2) is 26.3 Å². The van der Waals surface area contributed by atoms with Crippen molar-refractivity contribution in [2.24, 2.45) is 0 Å². The molecular formula is C43H40N5Pt-3. The Bertz CT molecular complexity index is 2240. The maximum absolute atomic E-state index is 5.13. The van der Waals surface area contributed by atoms with Crippen LogP contribution in [0.2, 0.25) is 0 Å². The predicted molar refractivity (Wildman–Crippen MR) is 194 cm³/mol. The molecule has 49 heavy (non-hydrogen) atoms. The molecule has 0 saturated heterocycles. The molecule has 1 aliphatic heterocycles. The first kappa shape index (κ1) is 33.0. The summed E-state index contributed by atoms with van der Waals surface area (Å²) in [7, 11) is 2.09. The molecule has 0 bridgehead atoms. The minimum Gasteiger partial charge on any atom is -0.508 e. The maximum Gasteiger partial charge on any atom is 0.0802 e. The first-order chi connectivity index (χ1) is 23.0. The van der Waals surface area contributed by atoms with Crippen LogP contribution < -0.4 is 4.90 Å². The molecule has 0 fully saturated rings. The molecule has 3 aromatic carbocycles. The summed E-state index contributed by atoms with van der Waals surface area (Å²) < 4.78 is 2.22. The average molecular weight is 822 g/mol. The zero-order valence-electron chi connectivity index (χ0n) is 29.3. The van der Waals surface area contributed by atoms with E-state index in [0.29, 0.717) is 0 Å². The van der Waals surface area contributed by atoms with E-state index in [4.69, 9.17) is 9.97 Å². The van der Waals surface area contributed by atoms with E-state index in [1.165, 1.54) is 39.2 Å². The summed E-state index contributed by atoms with van der Waals surface area (Å²) >= 11 is 0. The number of hydrogen-bond acceptors (Lipinski definition) is 4. The standard InChI is InChI=1S/C43H40N5.Pt/c1-27-28(2)48-40(39-23-31(20-21-44-39)42(5,6)7)24-33(25-41(48)45-27)43(37-18-11-9-16-35(37)36-17-10-12-19-38(36)43)32-14-13-15-34(22-32)47-26-46(8)29(3)30(47)4;/h9-21,23,25-26H,1-8H3;/q-3;. The number of aromatic nitrogens is 3. The maximum atomic E-state index is 5.13. The number of anilines is 1. The number of fused-ring (bicyclic) bond motifs is 4. The molecule has 0 unspecified atom stereocenters. The second-order valence-corrected chi connectivity index (χ2v) is 14.2. The van der Waals surface area contributed by atoms with Gasteiger partial charge in [-0.05, 0) is 85.6 Å². The van der Waals surface area contributed by atoms with Gasteiger partial charge in [-0.1, -0.05) is 80.9 Å². The zero-order valence-corrected chi connectivity index (χ0v) is 31.6. The summed E-state index contributed by atoms with van der Waals surface area (Å²) in [5.41, 5.74) is 15.7. The molecule has 0 amide bonds. The minimum atomic E-state index is -0.701. The molecule has 0 atom stereocenters. The second kappa shape index (κ2) is 11.8. The number of pyridine rings is 2. The fourth-order valence-electron chi connectivity index (χ4n) is 7.57. The number of nitrogens with zero attached hydrogens (tertiary/aromatic N) is 5. The smallest absolute Gasteiger partial charge is 0.0802 e. The third-order valence-electron chi connectivity index (χ3n) is 10.5. The van der Waals surface area contributed by atoms with Gasteiger partial charge < -0.3 is 19.2 Å². The van der Waals surface area contributed by atoms with Gasteiger partial charge in [0.2, 0.25) is 0 Å². The number of benzene rings is 3. The summed E-state index contributed by atoms with van der Waals surface area (Å²) in [5.74, 6) is 0. The number of aryl methyl sites for hydroxylation is 2. The molecule has 0 N–H and O–H groups in total. The van der Waals surface area contributed by atoms with Gasteiger partial charge in [0.25, 0.3) is 0 Å². The Morgan fingerprint density at radius 1 is 0.755 bits per heavy atom. The first-order valence-corrected chi connectivity index (χ1v) is 16.7. The van der Waals surface area contributed by atoms with E-state index < -0.39 is 5.41 Å². The van der Waals surface area contributed by atoms with Gasteiger partial charge >= 0.3 is 0 Å². The van der Waals surface area contributed by atoms with Crippen LogP contribution in [0, 0.1) is 32.6 Å². The Kier molecular flexibility index (Phi) is 7.99. The van der Waals surface area contributed by atoms with Crippen LogP contribution >= 0.6 is 0 Å². The van der Waals surface area contributed by atoms with Crippen LogP contribution in [0.15, 0.2) is 103 Å². The van der Waals surface area contributed by atoms with E-state index in [1.54, 1.807) is 0 Å². The largest absolute Gasteiger partial charge is 0.508 e. The van der Waals surface area contributed by atoms with Crippen molar-refractivity contribution in [1.29, 1.82) is 0 Å². The SMILES string of the molecule is CC1=C(C)N(c2[c-]c(C3(c4[c-]c(-c5cc(C(C)(C)C)ccn5)n5c(C)c(C)nc5c4)c4ccccc4-c4ccccc43)ccc2)[CH-]N1C.[Pt]. The van der Waals surface area contributed by atoms with E-state index >= 15 is 0 Å². The number of hydrogen-bond donors (Lipinski definition) is 0. The van der Waals surface area contributed by atoms with Gasteiger partial charge in [0.15, 0.2) is 0 Å². The molecule has 1 aliphatic carbocycles. The Morgan fingerprint density at radius 3 is 2.06 bits per heavy atom. The third kappa shape index (κ3) is 4.92. The van der Waals surface area contributed by atoms with Crippen molar-refractivity contribution < 1.29 is 21.1 Å². The van der Waals surface area contributed by atoms with Gasteiger partial charge in [-0.3, -0.25) is 0 Å². The summed E-state index contributed by atoms with van der Waals surface area (Å²) in [6, 6.07) is 38.7. The minimum absolute atomic E-state index is 0. The fourth-order valence-corrected chi connectivity index (χ4v) is 7.57. The van der Waals surface area contributed by atoms with E-state index in [2.05, 4.69) is 173 Å². The first-order valence-electron chi connectivity index (χ1n) is 16.7. The summed E-state index contributed by atoms with van der Waals surface area (Å²) in [4.78, 5) is 14.5. The normalized spacial score (nSPS) is 15.1. The molecule has 0 radical (unpaired) electrons. The number of imidazole rings is 1. The van der Waals surface area contributed by atoms with Gasteiger partial charge in [-0.25, -0.2) is 4.98 Å². The summed E-state index contributed by atoms with van der Waals surface area (Å²) in [6.45, 7) is 17.4. The van der Waals surface area contributed by atoms with Crippen LogP contribution in [0.25, 0.3) is 28.2 Å². The van der Waals surface area contributed by atoms with Crippen LogP contribution in [0.5, 0.6) is 0 Å². The zero-order chi connectivity index (χ0) is 33.5. The molecule has 4 heterocycles. The Labute approximate surface area is 304 Å². The molecule has 0 saturated carbocycles. The van der Waals surface area contributed by atoms with Crippen LogP contribution in [0.1, 0.15) is 73.8 Å². The van der Waals surface area contributed by atoms with E-state index in [0.717, 1.165) is 45.2 Å². The van der Waals surface area contributed by atoms with Crippen molar-refractivity contribution in [3.63, 3.8) is 0 Å². The molecule has 3 aromatic heterocycles. The molecule has 5 nitrogen and oxygen atoms in total. The topological polar surface area (TPSA) is 36.7 Å². The summed E-state index contributed by atoms with van der Waals surface area (Å²) in [6.07, 6.45) is 1.93. The van der Waals surface area contributed by atoms with Crippen LogP contribution in [-0.2, 0) is 31.9 Å². The van der Waals surface area contributed by atoms with Crippen molar-refractivity contribution in [1.82, 2.24) is 19.3 Å². The Balaban J connectivity index is 0.00000378. The predicted octanol–water partition coefficient (Wildman–Crippen LogP) is 9.39. The van der Waals surface area contributed by atoms with Crippen molar-refractivity contribution in [3.8, 4) is 22.5 Å². The quantitative estimate of drug-likeness (QED) is 0.166. The Hall–Kier alpha value is -4.47. The van der Waals surface area contributed by atoms with Gasteiger partial charge in [0.05, 0.1) is 11.3 Å². The van der Waals surface area contributed by atoms with E-state index in [9.17, 15) is 0 Å². The molecule has 6 aromatic rings. The van der Waals surface area contributed by atoms with Crippen molar-refractivity contribution in [3.05, 3.63) is 161 Å². The van der Waals surface area contributed by atoms with Gasteiger partial charge in [0.1, 0.15) is 0 Å². The van der Waals surface area contributed by atoms with Gasteiger partial charge in [-0.2, -0.15) is 37.0 Å². The van der Waals surface area contributed by atoms with Gasteiger partial charge in [0, 0.05) is 44.1 Å². The molecular weight excluding hydrogens is 782 g/mol. The second-order valence-electron chi connectivity index (χ2n) is 14.2. The van der Waals surface area contributed by atoms with E-state index in [1.807, 2.05) is 6.20 Å². The van der Waals surface area contributed by atoms with Gasteiger partial charge in [-0.15, -0.1) is 22.9 Å². The monoisotopic (exact) mass is 821 g/mol.